The van der Waals surface area contributed by atoms with E-state index < -0.39 is 0 Å². The molecule has 0 spiro atoms. The molecule has 0 atom stereocenters. The minimum absolute atomic E-state index is 0.0367. The number of aryl methyl sites for hydroxylation is 1. The third-order valence-corrected chi connectivity index (χ3v) is 3.93. The van der Waals surface area contributed by atoms with Crippen LogP contribution in [0.1, 0.15) is 34.8 Å². The zero-order valence-corrected chi connectivity index (χ0v) is 13.0. The van der Waals surface area contributed by atoms with Crippen LogP contribution in [0.15, 0.2) is 12.1 Å². The van der Waals surface area contributed by atoms with Crippen molar-refractivity contribution in [1.82, 2.24) is 10.6 Å². The second-order valence-corrected chi connectivity index (χ2v) is 6.80. The molecule has 0 radical (unpaired) electrons. The van der Waals surface area contributed by atoms with Gasteiger partial charge in [-0.2, -0.15) is 0 Å². The third-order valence-electron chi connectivity index (χ3n) is 2.93. The number of carbonyl (C=O) groups excluding carboxylic acids is 2. The second-order valence-electron chi connectivity index (χ2n) is 5.51. The summed E-state index contributed by atoms with van der Waals surface area (Å²) in [5, 5.41) is 14.3. The zero-order valence-electron chi connectivity index (χ0n) is 12.2. The van der Waals surface area contributed by atoms with Crippen LogP contribution in [0.3, 0.4) is 0 Å². The van der Waals surface area contributed by atoms with Gasteiger partial charge in [-0.05, 0) is 30.9 Å². The SMILES string of the molecule is Cc1ccc(C(=O)NCC(=O)NCC(C)(C)CCO)s1. The summed E-state index contributed by atoms with van der Waals surface area (Å²) in [6, 6.07) is 3.62. The maximum absolute atomic E-state index is 11.8. The Morgan fingerprint density at radius 2 is 2.00 bits per heavy atom. The van der Waals surface area contributed by atoms with Gasteiger partial charge in [-0.3, -0.25) is 9.59 Å². The largest absolute Gasteiger partial charge is 0.396 e. The molecule has 1 aromatic rings. The summed E-state index contributed by atoms with van der Waals surface area (Å²) in [4.78, 5) is 25.1. The molecule has 20 heavy (non-hydrogen) atoms. The van der Waals surface area contributed by atoms with E-state index >= 15 is 0 Å². The Bertz CT molecular complexity index is 469. The second kappa shape index (κ2) is 7.40. The molecule has 0 unspecified atom stereocenters. The Hall–Kier alpha value is -1.40. The van der Waals surface area contributed by atoms with Crippen LogP contribution in [0.25, 0.3) is 0 Å². The molecule has 0 saturated carbocycles. The molecule has 0 aliphatic carbocycles. The highest BCUT2D eigenvalue weighted by atomic mass is 32.1. The van der Waals surface area contributed by atoms with Gasteiger partial charge < -0.3 is 15.7 Å². The van der Waals surface area contributed by atoms with Crippen molar-refractivity contribution in [2.24, 2.45) is 5.41 Å². The number of hydrogen-bond acceptors (Lipinski definition) is 4. The number of amides is 2. The Labute approximate surface area is 123 Å². The molecule has 3 N–H and O–H groups in total. The summed E-state index contributed by atoms with van der Waals surface area (Å²) in [6.45, 7) is 6.40. The van der Waals surface area contributed by atoms with Crippen LogP contribution in [-0.2, 0) is 4.79 Å². The van der Waals surface area contributed by atoms with E-state index in [1.54, 1.807) is 6.07 Å². The quantitative estimate of drug-likeness (QED) is 0.710. The predicted octanol–water partition coefficient (Wildman–Crippen LogP) is 1.31. The third kappa shape index (κ3) is 5.71. The maximum Gasteiger partial charge on any atom is 0.261 e. The lowest BCUT2D eigenvalue weighted by Gasteiger charge is -2.23. The van der Waals surface area contributed by atoms with Crippen molar-refractivity contribution in [2.45, 2.75) is 27.2 Å². The zero-order chi connectivity index (χ0) is 15.2. The lowest BCUT2D eigenvalue weighted by molar-refractivity contribution is -0.120. The maximum atomic E-state index is 11.8. The van der Waals surface area contributed by atoms with Crippen LogP contribution < -0.4 is 10.6 Å². The first-order chi connectivity index (χ1) is 9.34. The molecule has 6 heteroatoms. The van der Waals surface area contributed by atoms with Gasteiger partial charge in [-0.25, -0.2) is 0 Å². The van der Waals surface area contributed by atoms with Crippen LogP contribution in [0, 0.1) is 12.3 Å². The van der Waals surface area contributed by atoms with Crippen LogP contribution >= 0.6 is 11.3 Å². The summed E-state index contributed by atoms with van der Waals surface area (Å²) in [7, 11) is 0. The summed E-state index contributed by atoms with van der Waals surface area (Å²) in [5.41, 5.74) is -0.153. The summed E-state index contributed by atoms with van der Waals surface area (Å²) < 4.78 is 0. The van der Waals surface area contributed by atoms with E-state index in [0.717, 1.165) is 4.88 Å². The lowest BCUT2D eigenvalue weighted by Crippen LogP contribution is -2.41. The molecule has 112 valence electrons. The molecule has 1 rings (SSSR count). The number of nitrogens with one attached hydrogen (secondary N) is 2. The fourth-order valence-electron chi connectivity index (χ4n) is 1.60. The first-order valence-corrected chi connectivity index (χ1v) is 7.38. The Morgan fingerprint density at radius 1 is 1.30 bits per heavy atom. The molecule has 2 amide bonds. The molecule has 0 fully saturated rings. The average molecular weight is 298 g/mol. The Balaban J connectivity index is 2.31. The number of aliphatic hydroxyl groups excluding tert-OH is 1. The first kappa shape index (κ1) is 16.7. The molecule has 1 aromatic heterocycles. The number of aliphatic hydroxyl groups is 1. The molecule has 0 aromatic carbocycles. The summed E-state index contributed by atoms with van der Waals surface area (Å²) in [6.07, 6.45) is 0.619. The van der Waals surface area contributed by atoms with E-state index in [1.807, 2.05) is 26.8 Å². The van der Waals surface area contributed by atoms with E-state index in [-0.39, 0.29) is 30.4 Å². The number of thiophene rings is 1. The highest BCUT2D eigenvalue weighted by Crippen LogP contribution is 2.17. The minimum atomic E-state index is -0.229. The molecule has 0 bridgehead atoms. The topological polar surface area (TPSA) is 78.4 Å². The van der Waals surface area contributed by atoms with Crippen molar-refractivity contribution in [2.75, 3.05) is 19.7 Å². The average Bonchev–Trinajstić information content (AvgIpc) is 2.80. The minimum Gasteiger partial charge on any atom is -0.396 e. The highest BCUT2D eigenvalue weighted by molar-refractivity contribution is 7.13. The fourth-order valence-corrected chi connectivity index (χ4v) is 2.38. The smallest absolute Gasteiger partial charge is 0.261 e. The van der Waals surface area contributed by atoms with Gasteiger partial charge in [0.15, 0.2) is 0 Å². The van der Waals surface area contributed by atoms with Gasteiger partial charge >= 0.3 is 0 Å². The van der Waals surface area contributed by atoms with Crippen molar-refractivity contribution < 1.29 is 14.7 Å². The van der Waals surface area contributed by atoms with E-state index in [4.69, 9.17) is 5.11 Å². The van der Waals surface area contributed by atoms with Gasteiger partial charge in [0.1, 0.15) is 0 Å². The van der Waals surface area contributed by atoms with Crippen LogP contribution in [-0.4, -0.2) is 36.6 Å². The van der Waals surface area contributed by atoms with Crippen LogP contribution in [0.2, 0.25) is 0 Å². The molecule has 0 aliphatic rings. The molecule has 0 saturated heterocycles. The van der Waals surface area contributed by atoms with Gasteiger partial charge in [-0.15, -0.1) is 11.3 Å². The van der Waals surface area contributed by atoms with Gasteiger partial charge in [0.05, 0.1) is 11.4 Å². The summed E-state index contributed by atoms with van der Waals surface area (Å²) in [5.74, 6) is -0.453. The van der Waals surface area contributed by atoms with Crippen LogP contribution in [0.4, 0.5) is 0 Å². The van der Waals surface area contributed by atoms with E-state index in [0.29, 0.717) is 17.8 Å². The van der Waals surface area contributed by atoms with Gasteiger partial charge in [-0.1, -0.05) is 13.8 Å². The van der Waals surface area contributed by atoms with Gasteiger partial charge in [0, 0.05) is 18.0 Å². The standard InChI is InChI=1S/C14H22N2O3S/c1-10-4-5-11(20-10)13(19)15-8-12(18)16-9-14(2,3)6-7-17/h4-5,17H,6-9H2,1-3H3,(H,15,19)(H,16,18). The monoisotopic (exact) mass is 298 g/mol. The molecular formula is C14H22N2O3S. The number of carbonyl (C=O) groups is 2. The molecule has 1 heterocycles. The number of hydrogen-bond donors (Lipinski definition) is 3. The predicted molar refractivity (Wildman–Crippen MR) is 79.9 cm³/mol. The molecule has 5 nitrogen and oxygen atoms in total. The van der Waals surface area contributed by atoms with Gasteiger partial charge in [0.2, 0.25) is 5.91 Å². The molecular weight excluding hydrogens is 276 g/mol. The molecule has 0 aliphatic heterocycles. The van der Waals surface area contributed by atoms with Crippen molar-refractivity contribution >= 4 is 23.2 Å². The van der Waals surface area contributed by atoms with Crippen molar-refractivity contribution in [1.29, 1.82) is 0 Å². The van der Waals surface area contributed by atoms with Crippen molar-refractivity contribution in [3.63, 3.8) is 0 Å². The number of rotatable bonds is 7. The van der Waals surface area contributed by atoms with Crippen molar-refractivity contribution in [3.05, 3.63) is 21.9 Å². The van der Waals surface area contributed by atoms with Crippen LogP contribution in [0.5, 0.6) is 0 Å². The van der Waals surface area contributed by atoms with Crippen molar-refractivity contribution in [3.8, 4) is 0 Å². The normalized spacial score (nSPS) is 11.2. The lowest BCUT2D eigenvalue weighted by atomic mass is 9.90. The fraction of sp³-hybridized carbons (Fsp3) is 0.571. The van der Waals surface area contributed by atoms with E-state index in [9.17, 15) is 9.59 Å². The Kier molecular flexibility index (Phi) is 6.16. The Morgan fingerprint density at radius 3 is 2.55 bits per heavy atom. The van der Waals surface area contributed by atoms with E-state index in [1.165, 1.54) is 11.3 Å². The van der Waals surface area contributed by atoms with E-state index in [2.05, 4.69) is 10.6 Å². The highest BCUT2D eigenvalue weighted by Gasteiger charge is 2.18. The summed E-state index contributed by atoms with van der Waals surface area (Å²) >= 11 is 1.40. The van der Waals surface area contributed by atoms with Gasteiger partial charge in [0.25, 0.3) is 5.91 Å². The first-order valence-electron chi connectivity index (χ1n) is 6.56.